The van der Waals surface area contributed by atoms with Gasteiger partial charge in [-0.3, -0.25) is 24.9 Å². The molecule has 4 rings (SSSR count). The van der Waals surface area contributed by atoms with Gasteiger partial charge in [0, 0.05) is 29.5 Å². The molecule has 1 aromatic carbocycles. The molecular weight excluding hydrogens is 322 g/mol. The molecule has 116 valence electrons. The Kier molecular flexibility index (Phi) is 3.59. The average molecular weight is 333 g/mol. The Labute approximate surface area is 141 Å². The summed E-state index contributed by atoms with van der Waals surface area (Å²) in [5.74, 6) is -0.358. The van der Waals surface area contributed by atoms with Gasteiger partial charge in [0.2, 0.25) is 0 Å². The van der Waals surface area contributed by atoms with E-state index in [-0.39, 0.29) is 11.1 Å². The van der Waals surface area contributed by atoms with Gasteiger partial charge in [-0.15, -0.1) is 0 Å². The number of amides is 2. The van der Waals surface area contributed by atoms with Crippen LogP contribution in [-0.4, -0.2) is 21.1 Å². The molecule has 0 atom stereocenters. The fourth-order valence-corrected chi connectivity index (χ4v) is 3.28. The third kappa shape index (κ3) is 2.68. The SMILES string of the molecule is O=C1NC(=O)/C(=C\c2ccc3nccc(-c4cccnc4)c3c2)S1. The molecule has 3 heterocycles. The van der Waals surface area contributed by atoms with Crippen LogP contribution in [0.15, 0.2) is 59.9 Å². The van der Waals surface area contributed by atoms with E-state index in [2.05, 4.69) is 15.3 Å². The van der Waals surface area contributed by atoms with Crippen LogP contribution in [0.1, 0.15) is 5.56 Å². The van der Waals surface area contributed by atoms with E-state index < -0.39 is 0 Å². The number of nitrogens with one attached hydrogen (secondary N) is 1. The van der Waals surface area contributed by atoms with Crippen LogP contribution in [-0.2, 0) is 4.79 Å². The Morgan fingerprint density at radius 2 is 2.00 bits per heavy atom. The van der Waals surface area contributed by atoms with Gasteiger partial charge in [-0.2, -0.15) is 0 Å². The summed E-state index contributed by atoms with van der Waals surface area (Å²) in [6.07, 6.45) is 7.01. The van der Waals surface area contributed by atoms with Crippen LogP contribution in [0.5, 0.6) is 0 Å². The molecule has 0 bridgehead atoms. The van der Waals surface area contributed by atoms with E-state index in [9.17, 15) is 9.59 Å². The number of hydrogen-bond acceptors (Lipinski definition) is 5. The normalized spacial score (nSPS) is 15.9. The topological polar surface area (TPSA) is 72.0 Å². The molecule has 1 fully saturated rings. The van der Waals surface area contributed by atoms with Crippen LogP contribution < -0.4 is 5.32 Å². The standard InChI is InChI=1S/C18H11N3O2S/c22-17-16(24-18(23)21-17)9-11-3-4-15-14(8-11)13(5-7-20-15)12-2-1-6-19-10-12/h1-10H,(H,21,22,23)/b16-9+. The Morgan fingerprint density at radius 3 is 2.75 bits per heavy atom. The van der Waals surface area contributed by atoms with Crippen molar-refractivity contribution in [3.05, 3.63) is 65.5 Å². The van der Waals surface area contributed by atoms with Crippen molar-refractivity contribution in [1.82, 2.24) is 15.3 Å². The van der Waals surface area contributed by atoms with Gasteiger partial charge in [-0.1, -0.05) is 12.1 Å². The largest absolute Gasteiger partial charge is 0.290 e. The van der Waals surface area contributed by atoms with Gasteiger partial charge >= 0.3 is 0 Å². The van der Waals surface area contributed by atoms with Gasteiger partial charge in [0.15, 0.2) is 0 Å². The fourth-order valence-electron chi connectivity index (χ4n) is 2.60. The van der Waals surface area contributed by atoms with Crippen LogP contribution >= 0.6 is 11.8 Å². The number of nitrogens with zero attached hydrogens (tertiary/aromatic N) is 2. The molecule has 2 aromatic heterocycles. The summed E-state index contributed by atoms with van der Waals surface area (Å²) in [6, 6.07) is 11.6. The van der Waals surface area contributed by atoms with Crippen LogP contribution in [0.3, 0.4) is 0 Å². The first kappa shape index (κ1) is 14.6. The molecule has 1 aliphatic rings. The highest BCUT2D eigenvalue weighted by molar-refractivity contribution is 8.18. The van der Waals surface area contributed by atoms with Gasteiger partial charge < -0.3 is 0 Å². The Morgan fingerprint density at radius 1 is 1.08 bits per heavy atom. The first-order chi connectivity index (χ1) is 11.7. The summed E-state index contributed by atoms with van der Waals surface area (Å²) >= 11 is 0.910. The molecule has 1 saturated heterocycles. The maximum absolute atomic E-state index is 11.7. The Balaban J connectivity index is 1.85. The summed E-state index contributed by atoms with van der Waals surface area (Å²) in [5, 5.41) is 2.88. The van der Waals surface area contributed by atoms with Crippen LogP contribution in [0.25, 0.3) is 28.1 Å². The number of carbonyl (C=O) groups excluding carboxylic acids is 2. The Bertz CT molecular complexity index is 1000. The summed E-state index contributed by atoms with van der Waals surface area (Å²) in [6.45, 7) is 0. The van der Waals surface area contributed by atoms with Gasteiger partial charge in [0.05, 0.1) is 10.4 Å². The average Bonchev–Trinajstić information content (AvgIpc) is 2.92. The third-order valence-electron chi connectivity index (χ3n) is 3.68. The highest BCUT2D eigenvalue weighted by Crippen LogP contribution is 2.30. The quantitative estimate of drug-likeness (QED) is 0.725. The lowest BCUT2D eigenvalue weighted by molar-refractivity contribution is -0.115. The van der Waals surface area contributed by atoms with E-state index in [1.54, 1.807) is 24.7 Å². The van der Waals surface area contributed by atoms with E-state index in [1.807, 2.05) is 36.4 Å². The fraction of sp³-hybridized carbons (Fsp3) is 0. The maximum atomic E-state index is 11.7. The molecule has 0 unspecified atom stereocenters. The summed E-state index contributed by atoms with van der Waals surface area (Å²) in [4.78, 5) is 31.9. The monoisotopic (exact) mass is 333 g/mol. The minimum Gasteiger partial charge on any atom is -0.282 e. The zero-order chi connectivity index (χ0) is 16.5. The van der Waals surface area contributed by atoms with Crippen LogP contribution in [0.2, 0.25) is 0 Å². The van der Waals surface area contributed by atoms with Crippen molar-refractivity contribution in [2.75, 3.05) is 0 Å². The van der Waals surface area contributed by atoms with Crippen molar-refractivity contribution in [2.45, 2.75) is 0 Å². The summed E-state index contributed by atoms with van der Waals surface area (Å²) in [7, 11) is 0. The maximum Gasteiger partial charge on any atom is 0.290 e. The van der Waals surface area contributed by atoms with E-state index in [4.69, 9.17) is 0 Å². The summed E-state index contributed by atoms with van der Waals surface area (Å²) < 4.78 is 0. The number of thioether (sulfide) groups is 1. The molecule has 6 heteroatoms. The second kappa shape index (κ2) is 5.90. The lowest BCUT2D eigenvalue weighted by Crippen LogP contribution is -2.17. The molecule has 0 aliphatic carbocycles. The molecule has 3 aromatic rings. The smallest absolute Gasteiger partial charge is 0.282 e. The van der Waals surface area contributed by atoms with Crippen molar-refractivity contribution < 1.29 is 9.59 Å². The predicted molar refractivity (Wildman–Crippen MR) is 94.1 cm³/mol. The molecule has 0 saturated carbocycles. The van der Waals surface area contributed by atoms with Crippen molar-refractivity contribution in [3.63, 3.8) is 0 Å². The number of carbonyl (C=O) groups is 2. The number of fused-ring (bicyclic) bond motifs is 1. The van der Waals surface area contributed by atoms with E-state index in [0.717, 1.165) is 39.4 Å². The van der Waals surface area contributed by atoms with Crippen molar-refractivity contribution in [2.24, 2.45) is 0 Å². The second-order valence-corrected chi connectivity index (χ2v) is 6.24. The number of benzene rings is 1. The van der Waals surface area contributed by atoms with E-state index >= 15 is 0 Å². The lowest BCUT2D eigenvalue weighted by atomic mass is 10.0. The number of hydrogen-bond donors (Lipinski definition) is 1. The van der Waals surface area contributed by atoms with E-state index in [1.165, 1.54) is 0 Å². The third-order valence-corrected chi connectivity index (χ3v) is 4.49. The molecule has 24 heavy (non-hydrogen) atoms. The number of aromatic nitrogens is 2. The highest BCUT2D eigenvalue weighted by Gasteiger charge is 2.24. The van der Waals surface area contributed by atoms with Gasteiger partial charge in [-0.05, 0) is 53.2 Å². The number of rotatable bonds is 2. The predicted octanol–water partition coefficient (Wildman–Crippen LogP) is 3.62. The molecular formula is C18H11N3O2S. The van der Waals surface area contributed by atoms with Gasteiger partial charge in [0.1, 0.15) is 0 Å². The molecule has 0 radical (unpaired) electrons. The van der Waals surface area contributed by atoms with Crippen molar-refractivity contribution in [3.8, 4) is 11.1 Å². The highest BCUT2D eigenvalue weighted by atomic mass is 32.2. The summed E-state index contributed by atoms with van der Waals surface area (Å²) in [5.41, 5.74) is 3.72. The first-order valence-electron chi connectivity index (χ1n) is 7.25. The van der Waals surface area contributed by atoms with Crippen LogP contribution in [0.4, 0.5) is 4.79 Å². The molecule has 5 nitrogen and oxygen atoms in total. The zero-order valence-corrected chi connectivity index (χ0v) is 13.2. The second-order valence-electron chi connectivity index (χ2n) is 5.23. The first-order valence-corrected chi connectivity index (χ1v) is 8.06. The van der Waals surface area contributed by atoms with Crippen LogP contribution in [0, 0.1) is 0 Å². The van der Waals surface area contributed by atoms with Gasteiger partial charge in [0.25, 0.3) is 11.1 Å². The molecule has 1 N–H and O–H groups in total. The minimum absolute atomic E-state index is 0.343. The number of imide groups is 1. The minimum atomic E-state index is -0.358. The zero-order valence-electron chi connectivity index (χ0n) is 12.4. The molecule has 1 aliphatic heterocycles. The van der Waals surface area contributed by atoms with Gasteiger partial charge in [-0.25, -0.2) is 0 Å². The van der Waals surface area contributed by atoms with E-state index in [0.29, 0.717) is 4.91 Å². The van der Waals surface area contributed by atoms with Crippen molar-refractivity contribution >= 4 is 39.9 Å². The van der Waals surface area contributed by atoms with Crippen molar-refractivity contribution in [1.29, 1.82) is 0 Å². The molecule has 2 amide bonds. The Hall–Kier alpha value is -2.99. The lowest BCUT2D eigenvalue weighted by Gasteiger charge is -2.07. The number of pyridine rings is 2. The molecule has 0 spiro atoms.